The number of hydrogen-bond donors (Lipinski definition) is 1. The summed E-state index contributed by atoms with van der Waals surface area (Å²) in [5, 5.41) is 0. The summed E-state index contributed by atoms with van der Waals surface area (Å²) in [6.07, 6.45) is 3.14. The van der Waals surface area contributed by atoms with Gasteiger partial charge in [0.1, 0.15) is 17.2 Å². The van der Waals surface area contributed by atoms with Crippen LogP contribution in [0.25, 0.3) is 6.08 Å². The molecule has 5 heteroatoms. The Morgan fingerprint density at radius 2 is 1.61 bits per heavy atom. The van der Waals surface area contributed by atoms with Crippen LogP contribution < -0.4 is 14.2 Å². The quantitative estimate of drug-likeness (QED) is 0.496. The normalized spacial score (nSPS) is 10.6. The molecule has 0 N–H and O–H groups in total. The average Bonchev–Trinajstić information content (AvgIpc) is 2.59. The minimum Gasteiger partial charge on any atom is -0.496 e. The molecule has 2 aromatic rings. The molecular formula is C18H18O4S. The SMILES string of the molecule is COc1cc(OC)c(C=CC(=O)c2ccccc2S)c(OC)c1. The Kier molecular flexibility index (Phi) is 5.71. The Labute approximate surface area is 141 Å². The van der Waals surface area contributed by atoms with Crippen LogP contribution in [0.5, 0.6) is 17.2 Å². The molecule has 0 unspecified atom stereocenters. The standard InChI is InChI=1S/C18H18O4S/c1-20-12-10-16(21-2)14(17(11-12)22-3)8-9-15(19)13-6-4-5-7-18(13)23/h4-11,23H,1-3H3. The zero-order valence-electron chi connectivity index (χ0n) is 13.2. The highest BCUT2D eigenvalue weighted by Gasteiger charge is 2.12. The smallest absolute Gasteiger partial charge is 0.186 e. The molecule has 0 saturated heterocycles. The lowest BCUT2D eigenvalue weighted by molar-refractivity contribution is 0.104. The van der Waals surface area contributed by atoms with Crippen LogP contribution in [-0.4, -0.2) is 27.1 Å². The van der Waals surface area contributed by atoms with Gasteiger partial charge in [0.15, 0.2) is 5.78 Å². The fraction of sp³-hybridized carbons (Fsp3) is 0.167. The highest BCUT2D eigenvalue weighted by Crippen LogP contribution is 2.35. The van der Waals surface area contributed by atoms with Crippen LogP contribution in [0.15, 0.2) is 47.4 Å². The van der Waals surface area contributed by atoms with Gasteiger partial charge in [-0.25, -0.2) is 0 Å². The number of ether oxygens (including phenoxy) is 3. The topological polar surface area (TPSA) is 44.8 Å². The summed E-state index contributed by atoms with van der Waals surface area (Å²) in [6.45, 7) is 0. The average molecular weight is 330 g/mol. The van der Waals surface area contributed by atoms with E-state index in [1.807, 2.05) is 6.07 Å². The van der Waals surface area contributed by atoms with Gasteiger partial charge in [-0.3, -0.25) is 4.79 Å². The fourth-order valence-corrected chi connectivity index (χ4v) is 2.40. The minimum absolute atomic E-state index is 0.143. The Hall–Kier alpha value is -2.40. The molecule has 0 aliphatic heterocycles. The van der Waals surface area contributed by atoms with E-state index < -0.39 is 0 Å². The molecule has 120 valence electrons. The number of thiol groups is 1. The first-order valence-corrected chi connectivity index (χ1v) is 7.35. The van der Waals surface area contributed by atoms with Crippen LogP contribution in [0.4, 0.5) is 0 Å². The summed E-state index contributed by atoms with van der Waals surface area (Å²) < 4.78 is 15.9. The number of hydrogen-bond acceptors (Lipinski definition) is 5. The van der Waals surface area contributed by atoms with Gasteiger partial charge in [0.2, 0.25) is 0 Å². The molecule has 23 heavy (non-hydrogen) atoms. The lowest BCUT2D eigenvalue weighted by Gasteiger charge is -2.12. The van der Waals surface area contributed by atoms with Crippen LogP contribution in [0.1, 0.15) is 15.9 Å². The molecule has 0 fully saturated rings. The highest BCUT2D eigenvalue weighted by atomic mass is 32.1. The van der Waals surface area contributed by atoms with Crippen molar-refractivity contribution >= 4 is 24.5 Å². The lowest BCUT2D eigenvalue weighted by Crippen LogP contribution is -1.97. The van der Waals surface area contributed by atoms with Crippen LogP contribution >= 0.6 is 12.6 Å². The molecule has 0 amide bonds. The number of ketones is 1. The van der Waals surface area contributed by atoms with Gasteiger partial charge in [0, 0.05) is 22.6 Å². The molecule has 4 nitrogen and oxygen atoms in total. The van der Waals surface area contributed by atoms with E-state index in [2.05, 4.69) is 12.6 Å². The fourth-order valence-electron chi connectivity index (χ4n) is 2.13. The third-order valence-electron chi connectivity index (χ3n) is 3.32. The van der Waals surface area contributed by atoms with E-state index in [4.69, 9.17) is 14.2 Å². The van der Waals surface area contributed by atoms with Crippen LogP contribution in [0, 0.1) is 0 Å². The van der Waals surface area contributed by atoms with Crippen molar-refractivity contribution in [3.8, 4) is 17.2 Å². The zero-order chi connectivity index (χ0) is 16.8. The summed E-state index contributed by atoms with van der Waals surface area (Å²) in [4.78, 5) is 13.0. The van der Waals surface area contributed by atoms with Gasteiger partial charge in [-0.2, -0.15) is 0 Å². The monoisotopic (exact) mass is 330 g/mol. The second kappa shape index (κ2) is 7.74. The molecule has 0 radical (unpaired) electrons. The maximum atomic E-state index is 12.3. The van der Waals surface area contributed by atoms with Gasteiger partial charge in [-0.15, -0.1) is 12.6 Å². The Balaban J connectivity index is 2.39. The van der Waals surface area contributed by atoms with E-state index in [-0.39, 0.29) is 5.78 Å². The number of allylic oxidation sites excluding steroid dienone is 1. The third kappa shape index (κ3) is 3.87. The van der Waals surface area contributed by atoms with E-state index in [9.17, 15) is 4.79 Å². The number of carbonyl (C=O) groups excluding carboxylic acids is 1. The van der Waals surface area contributed by atoms with E-state index in [1.54, 1.807) is 57.7 Å². The Bertz CT molecular complexity index is 713. The third-order valence-corrected chi connectivity index (χ3v) is 3.71. The first-order chi connectivity index (χ1) is 11.1. The van der Waals surface area contributed by atoms with Crippen molar-refractivity contribution in [1.29, 1.82) is 0 Å². The molecule has 2 aromatic carbocycles. The molecule has 0 bridgehead atoms. The van der Waals surface area contributed by atoms with Crippen molar-refractivity contribution in [3.63, 3.8) is 0 Å². The van der Waals surface area contributed by atoms with Gasteiger partial charge in [0.05, 0.1) is 26.9 Å². The molecule has 2 rings (SSSR count). The molecule has 0 spiro atoms. The largest absolute Gasteiger partial charge is 0.496 e. The van der Waals surface area contributed by atoms with Crippen LogP contribution in [-0.2, 0) is 0 Å². The molecule has 0 heterocycles. The maximum absolute atomic E-state index is 12.3. The molecular weight excluding hydrogens is 312 g/mol. The lowest BCUT2D eigenvalue weighted by atomic mass is 10.1. The predicted octanol–water partition coefficient (Wildman–Crippen LogP) is 3.90. The van der Waals surface area contributed by atoms with E-state index >= 15 is 0 Å². The second-order valence-electron chi connectivity index (χ2n) is 4.66. The van der Waals surface area contributed by atoms with Crippen molar-refractivity contribution < 1.29 is 19.0 Å². The maximum Gasteiger partial charge on any atom is 0.186 e. The number of rotatable bonds is 6. The molecule has 0 aliphatic rings. The number of benzene rings is 2. The predicted molar refractivity (Wildman–Crippen MR) is 93.2 cm³/mol. The van der Waals surface area contributed by atoms with Gasteiger partial charge in [-0.1, -0.05) is 12.1 Å². The summed E-state index contributed by atoms with van der Waals surface area (Å²) in [5.74, 6) is 1.59. The minimum atomic E-state index is -0.143. The first-order valence-electron chi connectivity index (χ1n) is 6.91. The molecule has 0 saturated carbocycles. The van der Waals surface area contributed by atoms with E-state index in [0.717, 1.165) is 0 Å². The summed E-state index contributed by atoms with van der Waals surface area (Å²) in [5.41, 5.74) is 1.21. The van der Waals surface area contributed by atoms with Crippen molar-refractivity contribution in [1.82, 2.24) is 0 Å². The van der Waals surface area contributed by atoms with Crippen molar-refractivity contribution in [2.75, 3.05) is 21.3 Å². The van der Waals surface area contributed by atoms with Gasteiger partial charge in [-0.05, 0) is 24.3 Å². The van der Waals surface area contributed by atoms with Crippen molar-refractivity contribution in [2.45, 2.75) is 4.90 Å². The van der Waals surface area contributed by atoms with Crippen molar-refractivity contribution in [3.05, 3.63) is 53.6 Å². The summed E-state index contributed by atoms with van der Waals surface area (Å²) in [7, 11) is 4.67. The van der Waals surface area contributed by atoms with Crippen LogP contribution in [0.2, 0.25) is 0 Å². The second-order valence-corrected chi connectivity index (χ2v) is 5.14. The van der Waals surface area contributed by atoms with E-state index in [1.165, 1.54) is 6.08 Å². The van der Waals surface area contributed by atoms with Gasteiger partial charge in [0.25, 0.3) is 0 Å². The Morgan fingerprint density at radius 1 is 1.00 bits per heavy atom. The molecule has 0 aliphatic carbocycles. The van der Waals surface area contributed by atoms with Gasteiger partial charge < -0.3 is 14.2 Å². The van der Waals surface area contributed by atoms with Crippen molar-refractivity contribution in [2.24, 2.45) is 0 Å². The molecule has 0 atom stereocenters. The van der Waals surface area contributed by atoms with Crippen LogP contribution in [0.3, 0.4) is 0 Å². The summed E-state index contributed by atoms with van der Waals surface area (Å²) in [6, 6.07) is 10.6. The highest BCUT2D eigenvalue weighted by molar-refractivity contribution is 7.80. The summed E-state index contributed by atoms with van der Waals surface area (Å²) >= 11 is 4.30. The number of carbonyl (C=O) groups is 1. The van der Waals surface area contributed by atoms with E-state index in [0.29, 0.717) is 33.3 Å². The first kappa shape index (κ1) is 17.0. The zero-order valence-corrected chi connectivity index (χ0v) is 14.1. The number of methoxy groups -OCH3 is 3. The van der Waals surface area contributed by atoms with Gasteiger partial charge >= 0.3 is 0 Å². The molecule has 0 aromatic heterocycles. The Morgan fingerprint density at radius 3 is 2.13 bits per heavy atom.